The topological polar surface area (TPSA) is 79.2 Å². The van der Waals surface area contributed by atoms with Crippen LogP contribution in [0.1, 0.15) is 56.9 Å². The molecule has 6 heteroatoms. The van der Waals surface area contributed by atoms with Gasteiger partial charge in [0.15, 0.2) is 0 Å². The third-order valence-electron chi connectivity index (χ3n) is 6.63. The fraction of sp³-hybridized carbons (Fsp3) is 0.524. The molecular weight excluding hydrogens is 362 g/mol. The van der Waals surface area contributed by atoms with E-state index < -0.39 is 5.41 Å². The molecule has 5 nitrogen and oxygen atoms in total. The molecule has 1 aliphatic heterocycles. The van der Waals surface area contributed by atoms with Crippen molar-refractivity contribution in [3.63, 3.8) is 0 Å². The highest BCUT2D eigenvalue weighted by atomic mass is 35.5. The number of nitrogens with two attached hydrogens (primary N) is 1. The van der Waals surface area contributed by atoms with Gasteiger partial charge in [-0.05, 0) is 49.3 Å². The first-order chi connectivity index (χ1) is 12.9. The minimum absolute atomic E-state index is 0.0672. The molecule has 2 aliphatic rings. The van der Waals surface area contributed by atoms with Crippen LogP contribution in [0.25, 0.3) is 10.9 Å². The predicted octanol–water partition coefficient (Wildman–Crippen LogP) is 3.96. The zero-order chi connectivity index (χ0) is 19.2. The molecule has 2 fully saturated rings. The van der Waals surface area contributed by atoms with Crippen molar-refractivity contribution in [2.24, 2.45) is 11.1 Å². The lowest BCUT2D eigenvalue weighted by atomic mass is 9.66. The van der Waals surface area contributed by atoms with Gasteiger partial charge in [0.25, 0.3) is 0 Å². The van der Waals surface area contributed by atoms with Crippen molar-refractivity contribution < 1.29 is 9.59 Å². The van der Waals surface area contributed by atoms with Crippen molar-refractivity contribution in [2.45, 2.75) is 57.4 Å². The lowest BCUT2D eigenvalue weighted by Crippen LogP contribution is -2.56. The summed E-state index contributed by atoms with van der Waals surface area (Å²) in [5, 5.41) is 1.71. The molecule has 27 heavy (non-hydrogen) atoms. The van der Waals surface area contributed by atoms with Crippen LogP contribution in [0.3, 0.4) is 0 Å². The lowest BCUT2D eigenvalue weighted by molar-refractivity contribution is -0.146. The Kier molecular flexibility index (Phi) is 4.66. The summed E-state index contributed by atoms with van der Waals surface area (Å²) < 4.78 is 0. The number of nitrogens with one attached hydrogen (secondary N) is 1. The van der Waals surface area contributed by atoms with Gasteiger partial charge in [0, 0.05) is 36.1 Å². The number of rotatable bonds is 4. The smallest absolute Gasteiger partial charge is 0.223 e. The number of hydrogen-bond donors (Lipinski definition) is 2. The molecule has 2 aromatic rings. The van der Waals surface area contributed by atoms with Crippen LogP contribution >= 0.6 is 11.6 Å². The summed E-state index contributed by atoms with van der Waals surface area (Å²) in [7, 11) is 0. The summed E-state index contributed by atoms with van der Waals surface area (Å²) in [5.74, 6) is 0.0348. The number of halogens is 1. The van der Waals surface area contributed by atoms with Crippen molar-refractivity contribution in [3.05, 3.63) is 35.0 Å². The van der Waals surface area contributed by atoms with Gasteiger partial charge in [0.05, 0.1) is 10.4 Å². The average molecular weight is 388 g/mol. The van der Waals surface area contributed by atoms with Gasteiger partial charge >= 0.3 is 0 Å². The maximum absolute atomic E-state index is 13.1. The number of benzene rings is 1. The number of amides is 2. The van der Waals surface area contributed by atoms with Crippen LogP contribution in [0.5, 0.6) is 0 Å². The molecule has 3 atom stereocenters. The normalized spacial score (nSPS) is 26.1. The first kappa shape index (κ1) is 18.4. The number of aromatic nitrogens is 1. The largest absolute Gasteiger partial charge is 0.369 e. The van der Waals surface area contributed by atoms with Crippen LogP contribution < -0.4 is 5.73 Å². The number of nitrogens with zero attached hydrogens (tertiary/aromatic N) is 1. The van der Waals surface area contributed by atoms with Crippen LogP contribution in [0.4, 0.5) is 0 Å². The van der Waals surface area contributed by atoms with Crippen LogP contribution in [-0.2, 0) is 9.59 Å². The Labute approximate surface area is 164 Å². The SMILES string of the molecule is CC(CC(=O)N1CCC2(C(N)=O)CCCC1C2)c1c[nH]c2cccc(Cl)c12. The zero-order valence-corrected chi connectivity index (χ0v) is 16.4. The molecule has 2 bridgehead atoms. The summed E-state index contributed by atoms with van der Waals surface area (Å²) in [6, 6.07) is 5.94. The van der Waals surface area contributed by atoms with Crippen molar-refractivity contribution in [1.82, 2.24) is 9.88 Å². The minimum atomic E-state index is -0.393. The monoisotopic (exact) mass is 387 g/mol. The first-order valence-corrected chi connectivity index (χ1v) is 10.1. The number of H-pyrrole nitrogens is 1. The highest BCUT2D eigenvalue weighted by Crippen LogP contribution is 2.45. The third kappa shape index (κ3) is 3.12. The highest BCUT2D eigenvalue weighted by molar-refractivity contribution is 6.35. The van der Waals surface area contributed by atoms with E-state index in [1.165, 1.54) is 0 Å². The molecule has 1 aromatic carbocycles. The van der Waals surface area contributed by atoms with Crippen molar-refractivity contribution in [2.75, 3.05) is 6.54 Å². The number of fused-ring (bicyclic) bond motifs is 3. The molecule has 2 amide bonds. The Hall–Kier alpha value is -2.01. The molecule has 4 rings (SSSR count). The van der Waals surface area contributed by atoms with Crippen LogP contribution in [-0.4, -0.2) is 34.3 Å². The maximum Gasteiger partial charge on any atom is 0.223 e. The Morgan fingerprint density at radius 1 is 1.41 bits per heavy atom. The molecular formula is C21H26ClN3O2. The van der Waals surface area contributed by atoms with Crippen molar-refractivity contribution in [3.8, 4) is 0 Å². The van der Waals surface area contributed by atoms with Gasteiger partial charge < -0.3 is 15.6 Å². The second-order valence-electron chi connectivity index (χ2n) is 8.24. The second kappa shape index (κ2) is 6.86. The van der Waals surface area contributed by atoms with E-state index in [1.54, 1.807) is 0 Å². The molecule has 144 valence electrons. The summed E-state index contributed by atoms with van der Waals surface area (Å²) in [6.07, 6.45) is 6.62. The quantitative estimate of drug-likeness (QED) is 0.832. The minimum Gasteiger partial charge on any atom is -0.369 e. The fourth-order valence-electron chi connectivity index (χ4n) is 5.06. The van der Waals surface area contributed by atoms with Gasteiger partial charge in [-0.25, -0.2) is 0 Å². The molecule has 0 radical (unpaired) electrons. The van der Waals surface area contributed by atoms with E-state index in [0.29, 0.717) is 24.4 Å². The van der Waals surface area contributed by atoms with E-state index >= 15 is 0 Å². The van der Waals surface area contributed by atoms with E-state index in [0.717, 1.165) is 42.1 Å². The predicted molar refractivity (Wildman–Crippen MR) is 107 cm³/mol. The second-order valence-corrected chi connectivity index (χ2v) is 8.65. The summed E-state index contributed by atoms with van der Waals surface area (Å²) in [5.41, 5.74) is 7.36. The van der Waals surface area contributed by atoms with Crippen LogP contribution in [0.2, 0.25) is 5.02 Å². The van der Waals surface area contributed by atoms with Gasteiger partial charge in [-0.1, -0.05) is 31.0 Å². The number of carbonyl (C=O) groups excluding carboxylic acids is 2. The maximum atomic E-state index is 13.1. The van der Waals surface area contributed by atoms with Crippen LogP contribution in [0.15, 0.2) is 24.4 Å². The van der Waals surface area contributed by atoms with Crippen molar-refractivity contribution in [1.29, 1.82) is 0 Å². The molecule has 0 spiro atoms. The van der Waals surface area contributed by atoms with Crippen molar-refractivity contribution >= 4 is 34.3 Å². The number of primary amides is 1. The molecule has 2 heterocycles. The van der Waals surface area contributed by atoms with E-state index in [9.17, 15) is 9.59 Å². The number of carbonyl (C=O) groups is 2. The molecule has 1 aliphatic carbocycles. The Morgan fingerprint density at radius 3 is 3.00 bits per heavy atom. The summed E-state index contributed by atoms with van der Waals surface area (Å²) in [4.78, 5) is 30.3. The fourth-order valence-corrected chi connectivity index (χ4v) is 5.34. The molecule has 3 N–H and O–H groups in total. The standard InChI is InChI=1S/C21H26ClN3O2/c1-13(15-12-24-17-6-2-5-16(22)19(15)17)10-18(26)25-9-8-21(20(23)27)7-3-4-14(25)11-21/h2,5-6,12-14,24H,3-4,7-11H2,1H3,(H2,23,27). The summed E-state index contributed by atoms with van der Waals surface area (Å²) >= 11 is 6.39. The Morgan fingerprint density at radius 2 is 2.22 bits per heavy atom. The van der Waals surface area contributed by atoms with Crippen LogP contribution in [0, 0.1) is 5.41 Å². The van der Waals surface area contributed by atoms with E-state index in [-0.39, 0.29) is 23.8 Å². The molecule has 1 aromatic heterocycles. The first-order valence-electron chi connectivity index (χ1n) is 9.76. The molecule has 1 saturated heterocycles. The van der Waals surface area contributed by atoms with E-state index in [4.69, 9.17) is 17.3 Å². The van der Waals surface area contributed by atoms with Gasteiger partial charge in [-0.15, -0.1) is 0 Å². The highest BCUT2D eigenvalue weighted by Gasteiger charge is 2.47. The van der Waals surface area contributed by atoms with Gasteiger partial charge in [0.1, 0.15) is 0 Å². The lowest BCUT2D eigenvalue weighted by Gasteiger charge is -2.49. The van der Waals surface area contributed by atoms with E-state index in [1.807, 2.05) is 29.3 Å². The number of aromatic amines is 1. The zero-order valence-electron chi connectivity index (χ0n) is 15.6. The van der Waals surface area contributed by atoms with Gasteiger partial charge in [0.2, 0.25) is 11.8 Å². The number of hydrogen-bond acceptors (Lipinski definition) is 2. The third-order valence-corrected chi connectivity index (χ3v) is 6.95. The molecule has 3 unspecified atom stereocenters. The number of piperidine rings is 1. The van der Waals surface area contributed by atoms with Gasteiger partial charge in [-0.2, -0.15) is 0 Å². The Bertz CT molecular complexity index is 893. The molecule has 1 saturated carbocycles. The van der Waals surface area contributed by atoms with E-state index in [2.05, 4.69) is 11.9 Å². The van der Waals surface area contributed by atoms with Gasteiger partial charge in [-0.3, -0.25) is 9.59 Å². The summed E-state index contributed by atoms with van der Waals surface area (Å²) in [6.45, 7) is 2.70. The number of likely N-dealkylation sites (tertiary alicyclic amines) is 1. The average Bonchev–Trinajstić information content (AvgIpc) is 3.07. The Balaban J connectivity index is 1.50.